The Balaban J connectivity index is 1.68. The lowest BCUT2D eigenvalue weighted by atomic mass is 9.93. The van der Waals surface area contributed by atoms with Crippen LogP contribution in [0.2, 0.25) is 0 Å². The molecule has 0 aliphatic carbocycles. The number of hydrogen-bond donors (Lipinski definition) is 0. The molecule has 0 radical (unpaired) electrons. The summed E-state index contributed by atoms with van der Waals surface area (Å²) in [6, 6.07) is 17.4. The van der Waals surface area contributed by atoms with E-state index in [1.54, 1.807) is 18.4 Å². The molecule has 0 bridgehead atoms. The minimum atomic E-state index is -0.260. The molecule has 1 atom stereocenters. The van der Waals surface area contributed by atoms with Gasteiger partial charge in [-0.1, -0.05) is 30.3 Å². The minimum absolute atomic E-state index is 0.0800. The van der Waals surface area contributed by atoms with Gasteiger partial charge in [0.1, 0.15) is 11.5 Å². The lowest BCUT2D eigenvalue weighted by Crippen LogP contribution is -2.37. The number of benzene rings is 1. The topological polar surface area (TPSA) is 63.7 Å². The highest BCUT2D eigenvalue weighted by Gasteiger charge is 2.23. The molecule has 2 amide bonds. The van der Waals surface area contributed by atoms with Crippen molar-refractivity contribution in [2.45, 2.75) is 32.1 Å². The van der Waals surface area contributed by atoms with Gasteiger partial charge < -0.3 is 8.83 Å². The Morgan fingerprint density at radius 3 is 2.33 bits per heavy atom. The van der Waals surface area contributed by atoms with Gasteiger partial charge in [-0.25, -0.2) is 0 Å². The van der Waals surface area contributed by atoms with Crippen molar-refractivity contribution < 1.29 is 18.4 Å². The van der Waals surface area contributed by atoms with Gasteiger partial charge in [0.25, 0.3) is 0 Å². The number of furan rings is 2. The van der Waals surface area contributed by atoms with Crippen molar-refractivity contribution in [2.24, 2.45) is 0 Å². The van der Waals surface area contributed by atoms with Gasteiger partial charge >= 0.3 is 0 Å². The summed E-state index contributed by atoms with van der Waals surface area (Å²) in [6.07, 6.45) is 4.67. The van der Waals surface area contributed by atoms with E-state index < -0.39 is 0 Å². The lowest BCUT2D eigenvalue weighted by Gasteiger charge is -2.22. The molecule has 5 heteroatoms. The van der Waals surface area contributed by atoms with E-state index >= 15 is 0 Å². The Bertz CT molecular complexity index is 838. The zero-order valence-corrected chi connectivity index (χ0v) is 15.3. The highest BCUT2D eigenvalue weighted by molar-refractivity contribution is 5.94. The average molecular weight is 365 g/mol. The number of carbonyl (C=O) groups excluding carboxylic acids is 2. The molecule has 27 heavy (non-hydrogen) atoms. The van der Waals surface area contributed by atoms with E-state index in [1.807, 2.05) is 30.3 Å². The van der Waals surface area contributed by atoms with Gasteiger partial charge in [-0.15, -0.1) is 0 Å². The third-order valence-electron chi connectivity index (χ3n) is 4.56. The second kappa shape index (κ2) is 9.03. The van der Waals surface area contributed by atoms with Crippen LogP contribution < -0.4 is 0 Å². The normalized spacial score (nSPS) is 11.9. The molecule has 2 aromatic heterocycles. The predicted molar refractivity (Wildman–Crippen MR) is 101 cm³/mol. The van der Waals surface area contributed by atoms with Crippen molar-refractivity contribution in [2.75, 3.05) is 6.54 Å². The molecule has 5 nitrogen and oxygen atoms in total. The average Bonchev–Trinajstić information content (AvgIpc) is 3.35. The van der Waals surface area contributed by atoms with Gasteiger partial charge in [0.15, 0.2) is 0 Å². The van der Waals surface area contributed by atoms with Crippen molar-refractivity contribution in [3.8, 4) is 0 Å². The molecule has 0 saturated carbocycles. The Kier molecular flexibility index (Phi) is 6.26. The van der Waals surface area contributed by atoms with Crippen molar-refractivity contribution in [3.05, 3.63) is 84.2 Å². The fourth-order valence-corrected chi connectivity index (χ4v) is 3.17. The summed E-state index contributed by atoms with van der Waals surface area (Å²) in [5.41, 5.74) is 1.19. The van der Waals surface area contributed by atoms with Crippen molar-refractivity contribution in [1.82, 2.24) is 4.90 Å². The highest BCUT2D eigenvalue weighted by Crippen LogP contribution is 2.25. The van der Waals surface area contributed by atoms with Crippen molar-refractivity contribution in [1.29, 1.82) is 0 Å². The third-order valence-corrected chi connectivity index (χ3v) is 4.56. The standard InChI is InChI=1S/C22H23NO4/c1-17(24)23(22(25)16-20-9-5-13-26-20)12-11-19(21-10-6-14-27-21)15-18-7-3-2-4-8-18/h2-10,13-14,19H,11-12,15-16H2,1H3/t19-/m1/s1. The number of hydrogen-bond acceptors (Lipinski definition) is 4. The lowest BCUT2D eigenvalue weighted by molar-refractivity contribution is -0.143. The summed E-state index contributed by atoms with van der Waals surface area (Å²) in [5.74, 6) is 0.986. The molecule has 0 fully saturated rings. The number of imide groups is 1. The fraction of sp³-hybridized carbons (Fsp3) is 0.273. The van der Waals surface area contributed by atoms with E-state index in [0.717, 1.165) is 12.2 Å². The van der Waals surface area contributed by atoms with Gasteiger partial charge in [0, 0.05) is 19.4 Å². The van der Waals surface area contributed by atoms with E-state index in [9.17, 15) is 9.59 Å². The van der Waals surface area contributed by atoms with Crippen molar-refractivity contribution >= 4 is 11.8 Å². The first-order valence-corrected chi connectivity index (χ1v) is 9.04. The number of amides is 2. The maximum absolute atomic E-state index is 12.5. The molecule has 3 rings (SSSR count). The molecule has 0 N–H and O–H groups in total. The van der Waals surface area contributed by atoms with Crippen LogP contribution in [-0.2, 0) is 22.4 Å². The fourth-order valence-electron chi connectivity index (χ4n) is 3.17. The van der Waals surface area contributed by atoms with Crippen LogP contribution in [0.3, 0.4) is 0 Å². The Hall–Kier alpha value is -3.08. The van der Waals surface area contributed by atoms with E-state index in [4.69, 9.17) is 8.83 Å². The van der Waals surface area contributed by atoms with Crippen LogP contribution in [0.1, 0.15) is 36.3 Å². The summed E-state index contributed by atoms with van der Waals surface area (Å²) < 4.78 is 10.8. The molecule has 0 saturated heterocycles. The summed E-state index contributed by atoms with van der Waals surface area (Å²) in [4.78, 5) is 25.8. The molecular formula is C22H23NO4. The van der Waals surface area contributed by atoms with Crippen LogP contribution >= 0.6 is 0 Å². The van der Waals surface area contributed by atoms with Crippen LogP contribution in [0.4, 0.5) is 0 Å². The summed E-state index contributed by atoms with van der Waals surface area (Å²) >= 11 is 0. The number of carbonyl (C=O) groups is 2. The summed E-state index contributed by atoms with van der Waals surface area (Å²) in [7, 11) is 0. The zero-order valence-electron chi connectivity index (χ0n) is 15.3. The van der Waals surface area contributed by atoms with E-state index in [-0.39, 0.29) is 24.2 Å². The summed E-state index contributed by atoms with van der Waals surface area (Å²) in [5, 5.41) is 0. The molecule has 140 valence electrons. The van der Waals surface area contributed by atoms with Gasteiger partial charge in [-0.2, -0.15) is 0 Å². The first-order chi connectivity index (χ1) is 13.1. The minimum Gasteiger partial charge on any atom is -0.469 e. The number of nitrogens with zero attached hydrogens (tertiary/aromatic N) is 1. The van der Waals surface area contributed by atoms with Gasteiger partial charge in [-0.3, -0.25) is 14.5 Å². The van der Waals surface area contributed by atoms with Crippen LogP contribution in [0.5, 0.6) is 0 Å². The maximum Gasteiger partial charge on any atom is 0.236 e. The first kappa shape index (κ1) is 18.7. The highest BCUT2D eigenvalue weighted by atomic mass is 16.3. The van der Waals surface area contributed by atoms with Crippen LogP contribution in [-0.4, -0.2) is 23.3 Å². The molecular weight excluding hydrogens is 342 g/mol. The van der Waals surface area contributed by atoms with Gasteiger partial charge in [0.05, 0.1) is 18.9 Å². The van der Waals surface area contributed by atoms with Crippen LogP contribution in [0, 0.1) is 0 Å². The van der Waals surface area contributed by atoms with Crippen molar-refractivity contribution in [3.63, 3.8) is 0 Å². The van der Waals surface area contributed by atoms with Crippen LogP contribution in [0.15, 0.2) is 76.0 Å². The SMILES string of the molecule is CC(=O)N(CC[C@H](Cc1ccccc1)c1ccco1)C(=O)Cc1ccco1. The Labute approximate surface area is 158 Å². The van der Waals surface area contributed by atoms with E-state index in [2.05, 4.69) is 12.1 Å². The van der Waals surface area contributed by atoms with E-state index in [0.29, 0.717) is 18.7 Å². The smallest absolute Gasteiger partial charge is 0.236 e. The summed E-state index contributed by atoms with van der Waals surface area (Å²) in [6.45, 7) is 1.76. The predicted octanol–water partition coefficient (Wildman–Crippen LogP) is 4.21. The Morgan fingerprint density at radius 1 is 0.963 bits per heavy atom. The molecule has 1 aromatic carbocycles. The number of rotatable bonds is 8. The first-order valence-electron chi connectivity index (χ1n) is 9.04. The van der Waals surface area contributed by atoms with Gasteiger partial charge in [-0.05, 0) is 42.7 Å². The quantitative estimate of drug-likeness (QED) is 0.600. The third kappa shape index (κ3) is 5.20. The largest absolute Gasteiger partial charge is 0.469 e. The molecule has 3 aromatic rings. The van der Waals surface area contributed by atoms with E-state index in [1.165, 1.54) is 23.7 Å². The van der Waals surface area contributed by atoms with Crippen LogP contribution in [0.25, 0.3) is 0 Å². The zero-order chi connectivity index (χ0) is 19.1. The molecule has 0 unspecified atom stereocenters. The second-order valence-electron chi connectivity index (χ2n) is 6.51. The Morgan fingerprint density at radius 2 is 1.70 bits per heavy atom. The second-order valence-corrected chi connectivity index (χ2v) is 6.51. The molecule has 0 aliphatic heterocycles. The molecule has 0 aliphatic rings. The molecule has 2 heterocycles. The molecule has 0 spiro atoms. The maximum atomic E-state index is 12.5. The van der Waals surface area contributed by atoms with Gasteiger partial charge in [0.2, 0.25) is 11.8 Å². The monoisotopic (exact) mass is 365 g/mol.